The van der Waals surface area contributed by atoms with Crippen molar-refractivity contribution in [2.75, 3.05) is 0 Å². The van der Waals surface area contributed by atoms with Crippen LogP contribution in [0.3, 0.4) is 0 Å². The van der Waals surface area contributed by atoms with Crippen molar-refractivity contribution in [1.82, 2.24) is 25.9 Å². The molecule has 2 heterocycles. The van der Waals surface area contributed by atoms with E-state index in [0.717, 1.165) is 24.0 Å². The van der Waals surface area contributed by atoms with Crippen LogP contribution in [0.5, 0.6) is 0 Å². The van der Waals surface area contributed by atoms with Gasteiger partial charge in [-0.15, -0.1) is 0 Å². The predicted octanol–water partition coefficient (Wildman–Crippen LogP) is 1.38. The number of nitrogens with zero attached hydrogens (tertiary/aromatic N) is 1. The maximum Gasteiger partial charge on any atom is 0.240 e. The Morgan fingerprint density at radius 1 is 1.10 bits per heavy atom. The number of hydrogen-bond donors (Lipinski definition) is 4. The number of aryl methyl sites for hydroxylation is 1. The zero-order chi connectivity index (χ0) is 21.1. The van der Waals surface area contributed by atoms with Crippen LogP contribution in [0, 0.1) is 5.92 Å². The van der Waals surface area contributed by atoms with E-state index >= 15 is 0 Å². The van der Waals surface area contributed by atoms with Gasteiger partial charge >= 0.3 is 0 Å². The number of benzene rings is 1. The Morgan fingerprint density at radius 2 is 1.80 bits per heavy atom. The molecule has 3 atom stereocenters. The van der Waals surface area contributed by atoms with Crippen molar-refractivity contribution in [2.24, 2.45) is 5.92 Å². The molecule has 0 radical (unpaired) electrons. The quantitative estimate of drug-likeness (QED) is 0.504. The van der Waals surface area contributed by atoms with Gasteiger partial charge in [-0.25, -0.2) is 24.0 Å². The number of hydrogen-bond acceptors (Lipinski definition) is 6. The minimum absolute atomic E-state index is 0.0522. The maximum atomic E-state index is 12.4. The first-order chi connectivity index (χ1) is 14.4. The number of hydrazine groups is 1. The van der Waals surface area contributed by atoms with Crippen LogP contribution in [0.25, 0.3) is 0 Å². The summed E-state index contributed by atoms with van der Waals surface area (Å²) in [6.07, 6.45) is 6.03. The molecule has 1 saturated carbocycles. The third-order valence-electron chi connectivity index (χ3n) is 5.60. The van der Waals surface area contributed by atoms with E-state index in [1.165, 1.54) is 0 Å². The highest BCUT2D eigenvalue weighted by atomic mass is 32.2. The second-order valence-corrected chi connectivity index (χ2v) is 9.70. The highest BCUT2D eigenvalue weighted by Gasteiger charge is 2.34. The normalized spacial score (nSPS) is 24.0. The summed E-state index contributed by atoms with van der Waals surface area (Å²) < 4.78 is 27.1. The van der Waals surface area contributed by atoms with Gasteiger partial charge in [-0.2, -0.15) is 0 Å². The van der Waals surface area contributed by atoms with Crippen molar-refractivity contribution < 1.29 is 13.2 Å². The summed E-state index contributed by atoms with van der Waals surface area (Å²) >= 11 is 0. The van der Waals surface area contributed by atoms with Crippen LogP contribution in [0.15, 0.2) is 53.7 Å². The van der Waals surface area contributed by atoms with Crippen molar-refractivity contribution in [3.05, 3.63) is 59.9 Å². The first kappa shape index (κ1) is 20.9. The van der Waals surface area contributed by atoms with Crippen LogP contribution >= 0.6 is 0 Å². The van der Waals surface area contributed by atoms with Crippen molar-refractivity contribution in [3.63, 3.8) is 0 Å². The molecule has 1 aromatic carbocycles. The summed E-state index contributed by atoms with van der Waals surface area (Å²) in [7, 11) is -3.44. The van der Waals surface area contributed by atoms with Gasteiger partial charge in [0, 0.05) is 30.8 Å². The Bertz CT molecular complexity index is 977. The van der Waals surface area contributed by atoms with E-state index in [9.17, 15) is 13.2 Å². The Hall–Kier alpha value is -2.33. The fourth-order valence-corrected chi connectivity index (χ4v) is 4.89. The average molecular weight is 430 g/mol. The standard InChI is InChI=1S/C21H27N5O3S/c1-14-20(16-10-12-22-13-11-16)24-25-21(14)23-19(27)9-4-15-2-7-18(8-3-15)30(28,29)26-17-5-6-17/h2-3,7-8,10-14,17,20-21,24-26H,4-6,9H2,1H3,(H,23,27). The molecule has 30 heavy (non-hydrogen) atoms. The van der Waals surface area contributed by atoms with Gasteiger partial charge in [-0.3, -0.25) is 9.78 Å². The molecule has 2 fully saturated rings. The second-order valence-electron chi connectivity index (χ2n) is 7.99. The summed E-state index contributed by atoms with van der Waals surface area (Å²) in [5.41, 5.74) is 8.43. The Balaban J connectivity index is 1.27. The summed E-state index contributed by atoms with van der Waals surface area (Å²) in [5, 5.41) is 3.03. The molecule has 0 bridgehead atoms. The van der Waals surface area contributed by atoms with Gasteiger partial charge in [0.1, 0.15) is 0 Å². The maximum absolute atomic E-state index is 12.4. The summed E-state index contributed by atoms with van der Waals surface area (Å²) in [4.78, 5) is 16.7. The molecule has 3 unspecified atom stereocenters. The van der Waals surface area contributed by atoms with E-state index in [2.05, 4.69) is 32.8 Å². The van der Waals surface area contributed by atoms with E-state index in [1.54, 1.807) is 36.7 Å². The van der Waals surface area contributed by atoms with E-state index in [4.69, 9.17) is 0 Å². The minimum atomic E-state index is -3.44. The fraction of sp³-hybridized carbons (Fsp3) is 0.429. The average Bonchev–Trinajstić information content (AvgIpc) is 3.48. The highest BCUT2D eigenvalue weighted by molar-refractivity contribution is 7.89. The number of carbonyl (C=O) groups is 1. The lowest BCUT2D eigenvalue weighted by Gasteiger charge is -2.19. The summed E-state index contributed by atoms with van der Waals surface area (Å²) in [5.74, 6) is 0.114. The summed E-state index contributed by atoms with van der Waals surface area (Å²) in [6, 6.07) is 10.8. The van der Waals surface area contributed by atoms with Crippen molar-refractivity contribution in [1.29, 1.82) is 0 Å². The number of aromatic nitrogens is 1. The van der Waals surface area contributed by atoms with E-state index < -0.39 is 10.0 Å². The molecule has 2 aromatic rings. The lowest BCUT2D eigenvalue weighted by atomic mass is 9.95. The molecular weight excluding hydrogens is 402 g/mol. The molecule has 1 saturated heterocycles. The number of nitrogens with one attached hydrogen (secondary N) is 4. The molecule has 4 rings (SSSR count). The van der Waals surface area contributed by atoms with Gasteiger partial charge in [0.2, 0.25) is 15.9 Å². The monoisotopic (exact) mass is 429 g/mol. The smallest absolute Gasteiger partial charge is 0.240 e. The Morgan fingerprint density at radius 3 is 2.47 bits per heavy atom. The Kier molecular flexibility index (Phi) is 6.14. The molecule has 1 amide bonds. The molecule has 2 aliphatic rings. The van der Waals surface area contributed by atoms with E-state index in [1.807, 2.05) is 12.1 Å². The largest absolute Gasteiger partial charge is 0.339 e. The third kappa shape index (κ3) is 5.04. The van der Waals surface area contributed by atoms with Gasteiger partial charge in [0.05, 0.1) is 17.1 Å². The number of sulfonamides is 1. The van der Waals surface area contributed by atoms with Gasteiger partial charge in [-0.1, -0.05) is 19.1 Å². The second kappa shape index (κ2) is 8.81. The van der Waals surface area contributed by atoms with Gasteiger partial charge in [-0.05, 0) is 54.7 Å². The molecule has 4 N–H and O–H groups in total. The minimum Gasteiger partial charge on any atom is -0.339 e. The molecule has 1 aromatic heterocycles. The lowest BCUT2D eigenvalue weighted by molar-refractivity contribution is -0.122. The molecule has 9 heteroatoms. The first-order valence-electron chi connectivity index (χ1n) is 10.2. The third-order valence-corrected chi connectivity index (χ3v) is 7.14. The SMILES string of the molecule is CC1C(NC(=O)CCc2ccc(S(=O)(=O)NC3CC3)cc2)NNC1c1ccncc1. The molecule has 8 nitrogen and oxygen atoms in total. The highest BCUT2D eigenvalue weighted by Crippen LogP contribution is 2.27. The molecule has 1 aliphatic heterocycles. The molecule has 1 aliphatic carbocycles. The number of pyridine rings is 1. The Labute approximate surface area is 176 Å². The van der Waals surface area contributed by atoms with Gasteiger partial charge < -0.3 is 5.32 Å². The summed E-state index contributed by atoms with van der Waals surface area (Å²) in [6.45, 7) is 2.08. The fourth-order valence-electron chi connectivity index (χ4n) is 3.59. The van der Waals surface area contributed by atoms with Crippen LogP contribution < -0.4 is 20.9 Å². The van der Waals surface area contributed by atoms with Gasteiger partial charge in [0.15, 0.2) is 0 Å². The van der Waals surface area contributed by atoms with Crippen LogP contribution in [0.4, 0.5) is 0 Å². The van der Waals surface area contributed by atoms with E-state index in [-0.39, 0.29) is 35.0 Å². The molecular formula is C21H27N5O3S. The first-order valence-corrected chi connectivity index (χ1v) is 11.7. The van der Waals surface area contributed by atoms with Crippen molar-refractivity contribution >= 4 is 15.9 Å². The number of amides is 1. The van der Waals surface area contributed by atoms with Crippen LogP contribution in [0.2, 0.25) is 0 Å². The van der Waals surface area contributed by atoms with Crippen molar-refractivity contribution in [2.45, 2.75) is 55.8 Å². The number of rotatable bonds is 8. The number of carbonyl (C=O) groups excluding carboxylic acids is 1. The predicted molar refractivity (Wildman–Crippen MR) is 112 cm³/mol. The van der Waals surface area contributed by atoms with Gasteiger partial charge in [0.25, 0.3) is 0 Å². The van der Waals surface area contributed by atoms with Crippen LogP contribution in [-0.4, -0.2) is 31.5 Å². The van der Waals surface area contributed by atoms with Crippen LogP contribution in [0.1, 0.15) is 43.4 Å². The van der Waals surface area contributed by atoms with E-state index in [0.29, 0.717) is 12.8 Å². The molecule has 160 valence electrons. The topological polar surface area (TPSA) is 112 Å². The zero-order valence-corrected chi connectivity index (χ0v) is 17.7. The van der Waals surface area contributed by atoms with Crippen LogP contribution in [-0.2, 0) is 21.2 Å². The molecule has 0 spiro atoms. The lowest BCUT2D eigenvalue weighted by Crippen LogP contribution is -2.46. The zero-order valence-electron chi connectivity index (χ0n) is 16.8. The van der Waals surface area contributed by atoms with Crippen molar-refractivity contribution in [3.8, 4) is 0 Å².